The Morgan fingerprint density at radius 3 is 2.39 bits per heavy atom. The van der Waals surface area contributed by atoms with E-state index in [-0.39, 0.29) is 0 Å². The Bertz CT molecular complexity index is 210. The molecule has 1 aliphatic rings. The molecular weight excluding hydrogens is 222 g/mol. The first-order valence-corrected chi connectivity index (χ1v) is 7.87. The van der Waals surface area contributed by atoms with Gasteiger partial charge in [0.2, 0.25) is 0 Å². The van der Waals surface area contributed by atoms with Gasteiger partial charge in [0.15, 0.2) is 0 Å². The van der Waals surface area contributed by atoms with E-state index in [1.807, 2.05) is 0 Å². The third kappa shape index (κ3) is 6.19. The molecule has 1 N–H and O–H groups in total. The Hall–Kier alpha value is -0.0800. The second-order valence-corrected chi connectivity index (χ2v) is 6.97. The first kappa shape index (κ1) is 16.0. The van der Waals surface area contributed by atoms with Gasteiger partial charge < -0.3 is 10.0 Å². The molecular formula is C16H33NO. The zero-order valence-electron chi connectivity index (χ0n) is 12.7. The smallest absolute Gasteiger partial charge is 0.0431 e. The van der Waals surface area contributed by atoms with E-state index < -0.39 is 0 Å². The predicted molar refractivity (Wildman–Crippen MR) is 78.8 cm³/mol. The summed E-state index contributed by atoms with van der Waals surface area (Å²) in [6.45, 7) is 11.4. The van der Waals surface area contributed by atoms with Crippen molar-refractivity contribution in [1.29, 1.82) is 0 Å². The molecule has 0 aromatic heterocycles. The molecule has 0 amide bonds. The molecule has 1 saturated heterocycles. The molecule has 2 heteroatoms. The van der Waals surface area contributed by atoms with Crippen LogP contribution < -0.4 is 0 Å². The highest BCUT2D eigenvalue weighted by atomic mass is 16.2. The van der Waals surface area contributed by atoms with E-state index in [9.17, 15) is 0 Å². The van der Waals surface area contributed by atoms with E-state index in [0.29, 0.717) is 12.0 Å². The van der Waals surface area contributed by atoms with Crippen LogP contribution in [0.5, 0.6) is 0 Å². The minimum Gasteiger partial charge on any atom is -0.396 e. The van der Waals surface area contributed by atoms with Gasteiger partial charge in [0.05, 0.1) is 0 Å². The molecule has 0 aromatic rings. The Morgan fingerprint density at radius 1 is 1.00 bits per heavy atom. The zero-order valence-corrected chi connectivity index (χ0v) is 12.7. The monoisotopic (exact) mass is 255 g/mol. The largest absolute Gasteiger partial charge is 0.396 e. The second-order valence-electron chi connectivity index (χ2n) is 6.97. The van der Waals surface area contributed by atoms with Gasteiger partial charge in [-0.15, -0.1) is 0 Å². The predicted octanol–water partition coefficient (Wildman–Crippen LogP) is 3.69. The van der Waals surface area contributed by atoms with Crippen molar-refractivity contribution in [3.63, 3.8) is 0 Å². The number of rotatable bonds is 6. The number of aliphatic hydroxyl groups excluding tert-OH is 1. The summed E-state index contributed by atoms with van der Waals surface area (Å²) in [5, 5.41) is 8.75. The van der Waals surface area contributed by atoms with E-state index in [1.165, 1.54) is 58.2 Å². The molecule has 1 atom stereocenters. The highest BCUT2D eigenvalue weighted by Gasteiger charge is 2.26. The van der Waals surface area contributed by atoms with Crippen LogP contribution in [0.3, 0.4) is 0 Å². The molecule has 1 fully saturated rings. The fourth-order valence-electron chi connectivity index (χ4n) is 3.05. The van der Waals surface area contributed by atoms with Crippen LogP contribution in [0.4, 0.5) is 0 Å². The molecule has 1 unspecified atom stereocenters. The molecule has 108 valence electrons. The van der Waals surface area contributed by atoms with Crippen molar-refractivity contribution in [2.75, 3.05) is 26.2 Å². The van der Waals surface area contributed by atoms with E-state index >= 15 is 0 Å². The minimum absolute atomic E-state index is 0.358. The van der Waals surface area contributed by atoms with E-state index in [4.69, 9.17) is 5.11 Å². The lowest BCUT2D eigenvalue weighted by Gasteiger charge is -2.29. The first-order chi connectivity index (χ1) is 8.54. The van der Waals surface area contributed by atoms with Crippen LogP contribution in [0.15, 0.2) is 0 Å². The highest BCUT2D eigenvalue weighted by Crippen LogP contribution is 2.34. The molecule has 0 saturated carbocycles. The molecule has 1 aliphatic heterocycles. The summed E-state index contributed by atoms with van der Waals surface area (Å²) >= 11 is 0. The third-order valence-electron chi connectivity index (χ3n) is 4.43. The standard InChI is InChI=1S/C16H33NO/c1-16(2,3)15-9-8-12-17(13-10-15)11-6-4-5-7-14-18/h15,18H,4-14H2,1-3H3. The molecule has 0 spiro atoms. The summed E-state index contributed by atoms with van der Waals surface area (Å²) < 4.78 is 0. The van der Waals surface area contributed by atoms with Gasteiger partial charge >= 0.3 is 0 Å². The van der Waals surface area contributed by atoms with E-state index in [1.54, 1.807) is 0 Å². The van der Waals surface area contributed by atoms with Crippen molar-refractivity contribution in [3.8, 4) is 0 Å². The maximum Gasteiger partial charge on any atom is 0.0431 e. The average Bonchev–Trinajstić information content (AvgIpc) is 2.53. The van der Waals surface area contributed by atoms with Crippen molar-refractivity contribution in [2.24, 2.45) is 11.3 Å². The van der Waals surface area contributed by atoms with Crippen LogP contribution >= 0.6 is 0 Å². The SMILES string of the molecule is CC(C)(C)C1CCCN(CCCCCCO)CC1. The van der Waals surface area contributed by atoms with Gasteiger partial charge in [-0.1, -0.05) is 33.6 Å². The summed E-state index contributed by atoms with van der Waals surface area (Å²) in [7, 11) is 0. The highest BCUT2D eigenvalue weighted by molar-refractivity contribution is 4.78. The van der Waals surface area contributed by atoms with Crippen molar-refractivity contribution in [1.82, 2.24) is 4.90 Å². The normalized spacial score (nSPS) is 23.0. The second kappa shape index (κ2) is 8.16. The lowest BCUT2D eigenvalue weighted by atomic mass is 9.77. The Morgan fingerprint density at radius 2 is 1.72 bits per heavy atom. The molecule has 1 heterocycles. The fourth-order valence-corrected chi connectivity index (χ4v) is 3.05. The number of nitrogens with zero attached hydrogens (tertiary/aromatic N) is 1. The maximum atomic E-state index is 8.75. The zero-order chi connectivity index (χ0) is 13.4. The first-order valence-electron chi connectivity index (χ1n) is 7.87. The third-order valence-corrected chi connectivity index (χ3v) is 4.43. The van der Waals surface area contributed by atoms with Crippen molar-refractivity contribution in [3.05, 3.63) is 0 Å². The van der Waals surface area contributed by atoms with Crippen LogP contribution in [0.25, 0.3) is 0 Å². The average molecular weight is 255 g/mol. The quantitative estimate of drug-likeness (QED) is 0.732. The number of hydrogen-bond donors (Lipinski definition) is 1. The van der Waals surface area contributed by atoms with Crippen LogP contribution in [0, 0.1) is 11.3 Å². The van der Waals surface area contributed by atoms with Crippen molar-refractivity contribution in [2.45, 2.75) is 65.7 Å². The number of likely N-dealkylation sites (tertiary alicyclic amines) is 1. The maximum absolute atomic E-state index is 8.75. The summed E-state index contributed by atoms with van der Waals surface area (Å²) in [4.78, 5) is 2.66. The molecule has 18 heavy (non-hydrogen) atoms. The van der Waals surface area contributed by atoms with Crippen LogP contribution in [-0.4, -0.2) is 36.2 Å². The summed E-state index contributed by atoms with van der Waals surface area (Å²) in [5.74, 6) is 0.900. The molecule has 1 rings (SSSR count). The Kier molecular flexibility index (Phi) is 7.25. The van der Waals surface area contributed by atoms with E-state index in [2.05, 4.69) is 25.7 Å². The molecule has 0 aromatic carbocycles. The minimum atomic E-state index is 0.358. The van der Waals surface area contributed by atoms with Crippen molar-refractivity contribution < 1.29 is 5.11 Å². The molecule has 0 aliphatic carbocycles. The molecule has 0 radical (unpaired) electrons. The topological polar surface area (TPSA) is 23.5 Å². The van der Waals surface area contributed by atoms with Crippen LogP contribution in [-0.2, 0) is 0 Å². The number of unbranched alkanes of at least 4 members (excludes halogenated alkanes) is 3. The van der Waals surface area contributed by atoms with Crippen molar-refractivity contribution >= 4 is 0 Å². The Labute approximate surface area is 114 Å². The fraction of sp³-hybridized carbons (Fsp3) is 1.00. The lowest BCUT2D eigenvalue weighted by molar-refractivity contribution is 0.207. The number of hydrogen-bond acceptors (Lipinski definition) is 2. The van der Waals surface area contributed by atoms with Gasteiger partial charge in [-0.05, 0) is 63.1 Å². The van der Waals surface area contributed by atoms with Gasteiger partial charge in [0.25, 0.3) is 0 Å². The Balaban J connectivity index is 2.17. The molecule has 2 nitrogen and oxygen atoms in total. The van der Waals surface area contributed by atoms with Gasteiger partial charge in [-0.2, -0.15) is 0 Å². The van der Waals surface area contributed by atoms with Gasteiger partial charge in [-0.3, -0.25) is 0 Å². The van der Waals surface area contributed by atoms with Gasteiger partial charge in [0, 0.05) is 6.61 Å². The van der Waals surface area contributed by atoms with E-state index in [0.717, 1.165) is 12.3 Å². The summed E-state index contributed by atoms with van der Waals surface area (Å²) in [6, 6.07) is 0. The summed E-state index contributed by atoms with van der Waals surface area (Å²) in [6.07, 6.45) is 8.91. The van der Waals surface area contributed by atoms with Gasteiger partial charge in [0.1, 0.15) is 0 Å². The van der Waals surface area contributed by atoms with Gasteiger partial charge in [-0.25, -0.2) is 0 Å². The molecule has 0 bridgehead atoms. The summed E-state index contributed by atoms with van der Waals surface area (Å²) in [5.41, 5.74) is 0.483. The lowest BCUT2D eigenvalue weighted by Crippen LogP contribution is -2.27. The van der Waals surface area contributed by atoms with Crippen LogP contribution in [0.1, 0.15) is 65.7 Å². The number of aliphatic hydroxyl groups is 1. The van der Waals surface area contributed by atoms with Crippen LogP contribution in [0.2, 0.25) is 0 Å².